The number of hydrogen-bond donors (Lipinski definition) is 1. The highest BCUT2D eigenvalue weighted by Gasteiger charge is 2.16. The van der Waals surface area contributed by atoms with Crippen LogP contribution in [-0.2, 0) is 6.54 Å². The molecule has 1 aliphatic heterocycles. The molecule has 1 aromatic rings. The predicted octanol–water partition coefficient (Wildman–Crippen LogP) is 3.34. The van der Waals surface area contributed by atoms with Gasteiger partial charge in [0.2, 0.25) is 0 Å². The van der Waals surface area contributed by atoms with Crippen LogP contribution in [0.25, 0.3) is 0 Å². The maximum Gasteiger partial charge on any atom is 0.129 e. The Hall–Kier alpha value is -1.13. The van der Waals surface area contributed by atoms with E-state index < -0.39 is 0 Å². The molecular weight excluding hydrogens is 280 g/mol. The van der Waals surface area contributed by atoms with Crippen LogP contribution in [0.1, 0.15) is 43.7 Å². The third-order valence-electron chi connectivity index (χ3n) is 4.46. The molecule has 1 saturated heterocycles. The van der Waals surface area contributed by atoms with E-state index in [-0.39, 0.29) is 0 Å². The van der Waals surface area contributed by atoms with Crippen molar-refractivity contribution in [3.05, 3.63) is 29.3 Å². The standard InChI is InChI=1S/C17H26N2OS/c1-3-13-5-4-9-19(10-8-13)12-14-6-7-15(17(18)21)16(11-14)20-2/h6-7,11,13H,3-5,8-10,12H2,1-2H3,(H2,18,21). The van der Waals surface area contributed by atoms with Crippen molar-refractivity contribution in [2.75, 3.05) is 20.2 Å². The molecule has 2 N–H and O–H groups in total. The second kappa shape index (κ2) is 7.76. The molecule has 1 fully saturated rings. The Morgan fingerprint density at radius 2 is 2.19 bits per heavy atom. The average molecular weight is 306 g/mol. The van der Waals surface area contributed by atoms with Gasteiger partial charge in [-0.3, -0.25) is 4.90 Å². The van der Waals surface area contributed by atoms with Gasteiger partial charge >= 0.3 is 0 Å². The Morgan fingerprint density at radius 1 is 1.38 bits per heavy atom. The van der Waals surface area contributed by atoms with Gasteiger partial charge in [-0.2, -0.15) is 0 Å². The summed E-state index contributed by atoms with van der Waals surface area (Å²) in [7, 11) is 1.67. The van der Waals surface area contributed by atoms with Crippen LogP contribution in [-0.4, -0.2) is 30.1 Å². The molecule has 2 rings (SSSR count). The average Bonchev–Trinajstić information content (AvgIpc) is 2.72. The van der Waals surface area contributed by atoms with E-state index in [0.29, 0.717) is 4.99 Å². The van der Waals surface area contributed by atoms with Gasteiger partial charge in [0.25, 0.3) is 0 Å². The molecule has 0 bridgehead atoms. The molecule has 0 spiro atoms. The van der Waals surface area contributed by atoms with Gasteiger partial charge in [0.1, 0.15) is 10.7 Å². The largest absolute Gasteiger partial charge is 0.496 e. The lowest BCUT2D eigenvalue weighted by Gasteiger charge is -2.21. The zero-order valence-corrected chi connectivity index (χ0v) is 13.9. The number of methoxy groups -OCH3 is 1. The molecule has 0 aliphatic carbocycles. The first kappa shape index (κ1) is 16.2. The molecule has 0 saturated carbocycles. The van der Waals surface area contributed by atoms with Gasteiger partial charge in [-0.25, -0.2) is 0 Å². The SMILES string of the molecule is CCC1CCCN(Cc2ccc(C(N)=S)c(OC)c2)CC1. The maximum atomic E-state index is 5.72. The van der Waals surface area contributed by atoms with Crippen LogP contribution < -0.4 is 10.5 Å². The summed E-state index contributed by atoms with van der Waals surface area (Å²) in [5, 5.41) is 0. The number of nitrogens with zero attached hydrogens (tertiary/aromatic N) is 1. The normalized spacial score (nSPS) is 20.0. The molecule has 0 radical (unpaired) electrons. The molecule has 116 valence electrons. The van der Waals surface area contributed by atoms with Crippen LogP contribution in [0.4, 0.5) is 0 Å². The predicted molar refractivity (Wildman–Crippen MR) is 91.8 cm³/mol. The van der Waals surface area contributed by atoms with Gasteiger partial charge in [0.05, 0.1) is 12.7 Å². The Kier molecular flexibility index (Phi) is 6.00. The van der Waals surface area contributed by atoms with Gasteiger partial charge in [-0.05, 0) is 56.0 Å². The van der Waals surface area contributed by atoms with Crippen molar-refractivity contribution in [2.45, 2.75) is 39.2 Å². The van der Waals surface area contributed by atoms with Gasteiger partial charge < -0.3 is 10.5 Å². The summed E-state index contributed by atoms with van der Waals surface area (Å²) in [5.74, 6) is 1.68. The van der Waals surface area contributed by atoms with Crippen molar-refractivity contribution >= 4 is 17.2 Å². The number of likely N-dealkylation sites (tertiary alicyclic amines) is 1. The number of thiocarbonyl (C=S) groups is 1. The monoisotopic (exact) mass is 306 g/mol. The molecule has 1 unspecified atom stereocenters. The Labute approximate surface area is 133 Å². The van der Waals surface area contributed by atoms with Crippen LogP contribution in [0, 0.1) is 5.92 Å². The number of hydrogen-bond acceptors (Lipinski definition) is 3. The highest BCUT2D eigenvalue weighted by molar-refractivity contribution is 7.80. The molecule has 1 aromatic carbocycles. The minimum absolute atomic E-state index is 0.388. The van der Waals surface area contributed by atoms with Crippen molar-refractivity contribution in [3.63, 3.8) is 0 Å². The van der Waals surface area contributed by atoms with Crippen molar-refractivity contribution in [2.24, 2.45) is 11.7 Å². The fourth-order valence-electron chi connectivity index (χ4n) is 3.09. The van der Waals surface area contributed by atoms with Gasteiger partial charge in [-0.1, -0.05) is 31.6 Å². The molecule has 1 heterocycles. The zero-order valence-electron chi connectivity index (χ0n) is 13.1. The third kappa shape index (κ3) is 4.42. The minimum atomic E-state index is 0.388. The van der Waals surface area contributed by atoms with Gasteiger partial charge in [0.15, 0.2) is 0 Å². The highest BCUT2D eigenvalue weighted by atomic mass is 32.1. The summed E-state index contributed by atoms with van der Waals surface area (Å²) in [6, 6.07) is 6.15. The Balaban J connectivity index is 2.04. The summed E-state index contributed by atoms with van der Waals surface area (Å²) in [5.41, 5.74) is 7.80. The molecule has 3 nitrogen and oxygen atoms in total. The minimum Gasteiger partial charge on any atom is -0.496 e. The third-order valence-corrected chi connectivity index (χ3v) is 4.68. The highest BCUT2D eigenvalue weighted by Crippen LogP contribution is 2.24. The van der Waals surface area contributed by atoms with E-state index in [1.807, 2.05) is 6.07 Å². The second-order valence-corrected chi connectivity index (χ2v) is 6.32. The number of rotatable bonds is 5. The number of ether oxygens (including phenoxy) is 1. The fourth-order valence-corrected chi connectivity index (χ4v) is 3.26. The van der Waals surface area contributed by atoms with Crippen molar-refractivity contribution < 1.29 is 4.74 Å². The zero-order chi connectivity index (χ0) is 15.2. The first-order chi connectivity index (χ1) is 10.1. The van der Waals surface area contributed by atoms with Gasteiger partial charge in [-0.15, -0.1) is 0 Å². The van der Waals surface area contributed by atoms with E-state index in [9.17, 15) is 0 Å². The Morgan fingerprint density at radius 3 is 2.86 bits per heavy atom. The smallest absolute Gasteiger partial charge is 0.129 e. The lowest BCUT2D eigenvalue weighted by molar-refractivity contribution is 0.271. The molecular formula is C17H26N2OS. The molecule has 21 heavy (non-hydrogen) atoms. The van der Waals surface area contributed by atoms with E-state index in [4.69, 9.17) is 22.7 Å². The molecule has 4 heteroatoms. The first-order valence-corrected chi connectivity index (χ1v) is 8.24. The molecule has 0 aromatic heterocycles. The quantitative estimate of drug-likeness (QED) is 0.847. The molecule has 1 atom stereocenters. The number of nitrogens with two attached hydrogens (primary N) is 1. The fraction of sp³-hybridized carbons (Fsp3) is 0.588. The van der Waals surface area contributed by atoms with Gasteiger partial charge in [0, 0.05) is 6.54 Å². The second-order valence-electron chi connectivity index (χ2n) is 5.88. The van der Waals surface area contributed by atoms with E-state index in [1.165, 1.54) is 44.3 Å². The summed E-state index contributed by atoms with van der Waals surface area (Å²) < 4.78 is 5.41. The van der Waals surface area contributed by atoms with Crippen molar-refractivity contribution in [1.29, 1.82) is 0 Å². The topological polar surface area (TPSA) is 38.5 Å². The molecule has 0 amide bonds. The summed E-state index contributed by atoms with van der Waals surface area (Å²) in [6.07, 6.45) is 5.31. The summed E-state index contributed by atoms with van der Waals surface area (Å²) in [4.78, 5) is 2.93. The van der Waals surface area contributed by atoms with Crippen molar-refractivity contribution in [3.8, 4) is 5.75 Å². The summed E-state index contributed by atoms with van der Waals surface area (Å²) >= 11 is 5.05. The summed E-state index contributed by atoms with van der Waals surface area (Å²) in [6.45, 7) is 5.66. The van der Waals surface area contributed by atoms with E-state index in [0.717, 1.165) is 23.8 Å². The lowest BCUT2D eigenvalue weighted by atomic mass is 9.98. The number of benzene rings is 1. The maximum absolute atomic E-state index is 5.72. The van der Waals surface area contributed by atoms with Crippen LogP contribution in [0.15, 0.2) is 18.2 Å². The van der Waals surface area contributed by atoms with Crippen molar-refractivity contribution in [1.82, 2.24) is 4.90 Å². The molecule has 1 aliphatic rings. The van der Waals surface area contributed by atoms with Crippen LogP contribution >= 0.6 is 12.2 Å². The Bertz CT molecular complexity index is 490. The van der Waals surface area contributed by atoms with E-state index in [2.05, 4.69) is 24.0 Å². The lowest BCUT2D eigenvalue weighted by Crippen LogP contribution is -2.24. The van der Waals surface area contributed by atoms with E-state index >= 15 is 0 Å². The first-order valence-electron chi connectivity index (χ1n) is 7.83. The van der Waals surface area contributed by atoms with Crippen LogP contribution in [0.3, 0.4) is 0 Å². The van der Waals surface area contributed by atoms with Crippen LogP contribution in [0.5, 0.6) is 5.75 Å². The van der Waals surface area contributed by atoms with E-state index in [1.54, 1.807) is 7.11 Å². The van der Waals surface area contributed by atoms with Crippen LogP contribution in [0.2, 0.25) is 0 Å².